The van der Waals surface area contributed by atoms with Gasteiger partial charge in [-0.25, -0.2) is 14.0 Å². The Hall–Kier alpha value is -2.26. The Kier molecular flexibility index (Phi) is 3.55. The molecule has 0 aliphatic carbocycles. The van der Waals surface area contributed by atoms with Gasteiger partial charge in [0, 0.05) is 0 Å². The van der Waals surface area contributed by atoms with Crippen molar-refractivity contribution in [3.63, 3.8) is 0 Å². The third-order valence-electron chi connectivity index (χ3n) is 2.82. The molecular weight excluding hydrogens is 277 g/mol. The molecule has 1 fully saturated rings. The molecule has 1 aliphatic heterocycles. The highest BCUT2D eigenvalue weighted by atomic mass is 19.1. The maximum absolute atomic E-state index is 13.3. The van der Waals surface area contributed by atoms with Crippen LogP contribution in [0.1, 0.15) is 6.23 Å². The molecule has 0 radical (unpaired) electrons. The first-order valence-electron chi connectivity index (χ1n) is 5.36. The van der Waals surface area contributed by atoms with E-state index in [2.05, 4.69) is 4.98 Å². The van der Waals surface area contributed by atoms with Crippen LogP contribution < -0.4 is 11.4 Å². The fraction of sp³-hybridized carbons (Fsp3) is 0.400. The SMILES string of the molecule is Nc1nc(=O)n([C@@H]2O[C@H](C(O)=C=O)[C@@H](O)[C@H]2O)cc1F. The second-order valence-electron chi connectivity index (χ2n) is 4.08. The second kappa shape index (κ2) is 5.02. The summed E-state index contributed by atoms with van der Waals surface area (Å²) in [6, 6.07) is 0. The standard InChI is InChI=1S/C10H10FN3O6/c11-3-1-14(10(19)13-8(3)12)9-6(18)5(17)7(20-9)4(16)2-15/h1,5-7,9,16-18H,(H2,12,13,19)/t5-,6+,7+,9+/m0/s1. The molecule has 4 atom stereocenters. The molecule has 1 aromatic heterocycles. The van der Waals surface area contributed by atoms with E-state index in [-0.39, 0.29) is 0 Å². The summed E-state index contributed by atoms with van der Waals surface area (Å²) in [5.74, 6) is -1.56. The van der Waals surface area contributed by atoms with E-state index in [0.29, 0.717) is 10.8 Å². The van der Waals surface area contributed by atoms with Gasteiger partial charge in [0.05, 0.1) is 6.20 Å². The normalized spacial score (nSPS) is 29.1. The van der Waals surface area contributed by atoms with Crippen molar-refractivity contribution in [1.82, 2.24) is 9.55 Å². The summed E-state index contributed by atoms with van der Waals surface area (Å²) in [6.07, 6.45) is -5.89. The number of anilines is 1. The monoisotopic (exact) mass is 287 g/mol. The number of halogens is 1. The van der Waals surface area contributed by atoms with Gasteiger partial charge in [-0.3, -0.25) is 4.57 Å². The van der Waals surface area contributed by atoms with Crippen LogP contribution in [0, 0.1) is 5.82 Å². The molecule has 1 aromatic rings. The Labute approximate surface area is 110 Å². The van der Waals surface area contributed by atoms with Gasteiger partial charge in [-0.2, -0.15) is 4.98 Å². The van der Waals surface area contributed by atoms with Gasteiger partial charge < -0.3 is 25.8 Å². The van der Waals surface area contributed by atoms with Crippen molar-refractivity contribution >= 4 is 11.8 Å². The first-order chi connectivity index (χ1) is 9.36. The Morgan fingerprint density at radius 3 is 2.75 bits per heavy atom. The molecule has 9 nitrogen and oxygen atoms in total. The quantitative estimate of drug-likeness (QED) is 0.355. The van der Waals surface area contributed by atoms with Crippen LogP contribution in [0.25, 0.3) is 0 Å². The predicted molar refractivity (Wildman–Crippen MR) is 60.6 cm³/mol. The van der Waals surface area contributed by atoms with E-state index in [4.69, 9.17) is 10.5 Å². The first kappa shape index (κ1) is 14.2. The van der Waals surface area contributed by atoms with E-state index in [1.165, 1.54) is 0 Å². The highest BCUT2D eigenvalue weighted by Crippen LogP contribution is 2.30. The van der Waals surface area contributed by atoms with Crippen molar-refractivity contribution in [3.05, 3.63) is 28.3 Å². The zero-order valence-electron chi connectivity index (χ0n) is 9.80. The number of hydrogen-bond acceptors (Lipinski definition) is 8. The third kappa shape index (κ3) is 2.17. The van der Waals surface area contributed by atoms with Gasteiger partial charge in [0.25, 0.3) is 0 Å². The topological polar surface area (TPSA) is 148 Å². The van der Waals surface area contributed by atoms with Crippen LogP contribution in [0.3, 0.4) is 0 Å². The maximum Gasteiger partial charge on any atom is 0.351 e. The summed E-state index contributed by atoms with van der Waals surface area (Å²) < 4.78 is 18.8. The van der Waals surface area contributed by atoms with Crippen LogP contribution in [-0.2, 0) is 9.53 Å². The number of ether oxygens (including phenoxy) is 1. The molecule has 1 saturated heterocycles. The molecule has 20 heavy (non-hydrogen) atoms. The minimum atomic E-state index is -1.70. The maximum atomic E-state index is 13.3. The van der Waals surface area contributed by atoms with Crippen molar-refractivity contribution < 1.29 is 29.2 Å². The van der Waals surface area contributed by atoms with Gasteiger partial charge >= 0.3 is 5.69 Å². The molecule has 0 amide bonds. The van der Waals surface area contributed by atoms with Crippen LogP contribution in [0.4, 0.5) is 10.2 Å². The molecule has 0 unspecified atom stereocenters. The average molecular weight is 287 g/mol. The number of aromatic nitrogens is 2. The molecular formula is C10H10FN3O6. The Bertz CT molecular complexity index is 640. The molecule has 0 bridgehead atoms. The molecule has 5 N–H and O–H groups in total. The number of nitrogens with zero attached hydrogens (tertiary/aromatic N) is 2. The highest BCUT2D eigenvalue weighted by Gasteiger charge is 2.46. The van der Waals surface area contributed by atoms with Gasteiger partial charge in [0.2, 0.25) is 5.76 Å². The van der Waals surface area contributed by atoms with E-state index in [1.54, 1.807) is 0 Å². The number of carbonyl (C=O) groups excluding carboxylic acids is 1. The number of hydrogen-bond donors (Lipinski definition) is 4. The number of aliphatic hydroxyl groups is 3. The number of aliphatic hydroxyl groups excluding tert-OH is 3. The van der Waals surface area contributed by atoms with Gasteiger partial charge in [0.1, 0.15) is 12.2 Å². The summed E-state index contributed by atoms with van der Waals surface area (Å²) in [5.41, 5.74) is 4.07. The van der Waals surface area contributed by atoms with Crippen molar-refractivity contribution in [2.24, 2.45) is 0 Å². The Morgan fingerprint density at radius 2 is 2.15 bits per heavy atom. The van der Waals surface area contributed by atoms with Crippen LogP contribution in [0.2, 0.25) is 0 Å². The molecule has 0 saturated carbocycles. The van der Waals surface area contributed by atoms with Crippen LogP contribution in [0.5, 0.6) is 0 Å². The lowest BCUT2D eigenvalue weighted by atomic mass is 10.1. The van der Waals surface area contributed by atoms with Gasteiger partial charge in [-0.05, 0) is 0 Å². The van der Waals surface area contributed by atoms with Crippen molar-refractivity contribution in [1.29, 1.82) is 0 Å². The Morgan fingerprint density at radius 1 is 1.50 bits per heavy atom. The van der Waals surface area contributed by atoms with Crippen molar-refractivity contribution in [2.45, 2.75) is 24.5 Å². The largest absolute Gasteiger partial charge is 0.500 e. The Balaban J connectivity index is 2.42. The third-order valence-corrected chi connectivity index (χ3v) is 2.82. The first-order valence-corrected chi connectivity index (χ1v) is 5.36. The van der Waals surface area contributed by atoms with E-state index < -0.39 is 47.6 Å². The predicted octanol–water partition coefficient (Wildman–Crippen LogP) is -2.14. The molecule has 1 aliphatic rings. The van der Waals surface area contributed by atoms with Crippen molar-refractivity contribution in [3.8, 4) is 0 Å². The van der Waals surface area contributed by atoms with E-state index in [9.17, 15) is 29.3 Å². The van der Waals surface area contributed by atoms with Crippen LogP contribution in [0.15, 0.2) is 16.8 Å². The van der Waals surface area contributed by atoms with Gasteiger partial charge in [-0.1, -0.05) is 0 Å². The average Bonchev–Trinajstić information content (AvgIpc) is 2.70. The number of rotatable bonds is 2. The smallest absolute Gasteiger partial charge is 0.351 e. The summed E-state index contributed by atoms with van der Waals surface area (Å²) >= 11 is 0. The van der Waals surface area contributed by atoms with E-state index in [0.717, 1.165) is 5.94 Å². The summed E-state index contributed by atoms with van der Waals surface area (Å²) in [6.45, 7) is 0. The zero-order chi connectivity index (χ0) is 15.0. The lowest BCUT2D eigenvalue weighted by molar-refractivity contribution is -0.0387. The molecule has 108 valence electrons. The molecule has 10 heteroatoms. The van der Waals surface area contributed by atoms with Crippen LogP contribution >= 0.6 is 0 Å². The van der Waals surface area contributed by atoms with Crippen LogP contribution in [-0.4, -0.2) is 49.1 Å². The fourth-order valence-electron chi connectivity index (χ4n) is 1.81. The van der Waals surface area contributed by atoms with Gasteiger partial charge in [-0.15, -0.1) is 0 Å². The second-order valence-corrected chi connectivity index (χ2v) is 4.08. The van der Waals surface area contributed by atoms with Crippen molar-refractivity contribution in [2.75, 3.05) is 5.73 Å². The summed E-state index contributed by atoms with van der Waals surface area (Å²) in [4.78, 5) is 25.0. The number of nitrogens with two attached hydrogens (primary N) is 1. The summed E-state index contributed by atoms with van der Waals surface area (Å²) in [5, 5.41) is 28.5. The molecule has 0 aromatic carbocycles. The van der Waals surface area contributed by atoms with Gasteiger partial charge in [0.15, 0.2) is 29.9 Å². The lowest BCUT2D eigenvalue weighted by Crippen LogP contribution is -2.36. The number of nitrogen functional groups attached to an aromatic ring is 1. The van der Waals surface area contributed by atoms with E-state index in [1.807, 2.05) is 0 Å². The molecule has 0 spiro atoms. The molecule has 2 rings (SSSR count). The molecule has 2 heterocycles. The fourth-order valence-corrected chi connectivity index (χ4v) is 1.81. The highest BCUT2D eigenvalue weighted by molar-refractivity contribution is 5.51. The van der Waals surface area contributed by atoms with E-state index >= 15 is 0 Å². The minimum absolute atomic E-state index is 0.553. The minimum Gasteiger partial charge on any atom is -0.500 e. The summed E-state index contributed by atoms with van der Waals surface area (Å²) in [7, 11) is 0. The lowest BCUT2D eigenvalue weighted by Gasteiger charge is -2.17. The zero-order valence-corrected chi connectivity index (χ0v) is 9.80.